The average molecular weight is 1960 g/mol. The van der Waals surface area contributed by atoms with Gasteiger partial charge in [-0.05, 0) is 162 Å². The summed E-state index contributed by atoms with van der Waals surface area (Å²) in [6, 6.07) is 38.5. The SMILES string of the molecule is CCOc1cc(-c2ccc3c(n2)N(C(=O)Nc2cnccn2)[C@H]2CCN3C2)ccn1.CCc1cc(-c2ccc3c(n2)N(C(=O)Nc2cnccn2)[C@H]2CCN3C2)ccn1.COc1cc(-c2ccc3c(n2)N(C(=O)Nc2cnccn2)[C@H]2CCN3C2)cc(C)n1.COc1cc(-c2ccc3c(n2)N(C(=O)Nc2cnccn2)[C@H]2CCN3C2)ccn1.Cc1cc(-c2ccc3c(n2)N(C(=O)Nc2cn(C)nn2)[C@H]2CCN3C2)ccn1. The number of aromatic nitrogens is 21. The van der Waals surface area contributed by atoms with Gasteiger partial charge in [0, 0.05) is 210 Å². The Morgan fingerprint density at radius 3 is 0.973 bits per heavy atom. The summed E-state index contributed by atoms with van der Waals surface area (Å²) in [6.07, 6.45) is 32.6. The minimum Gasteiger partial charge on any atom is -0.481 e. The molecule has 10 aliphatic rings. The van der Waals surface area contributed by atoms with Crippen LogP contribution in [-0.2, 0) is 13.5 Å². The molecule has 5 N–H and O–H groups in total. The van der Waals surface area contributed by atoms with Crippen molar-refractivity contribution < 1.29 is 38.2 Å². The van der Waals surface area contributed by atoms with Crippen LogP contribution in [0.3, 0.4) is 0 Å². The summed E-state index contributed by atoms with van der Waals surface area (Å²) in [5, 5.41) is 22.1. The fourth-order valence-electron chi connectivity index (χ4n) is 19.8. The third kappa shape index (κ3) is 19.9. The fraction of sp³-hybridized carbons (Fsp3) is 0.284. The molecule has 5 fully saturated rings. The minimum absolute atomic E-state index is 0.0608. The Balaban J connectivity index is 0.000000107. The van der Waals surface area contributed by atoms with Crippen molar-refractivity contribution in [1.82, 2.24) is 105 Å². The highest BCUT2D eigenvalue weighted by atomic mass is 16.5. The van der Waals surface area contributed by atoms with Gasteiger partial charge in [-0.15, -0.1) is 5.10 Å². The molecule has 15 aromatic rings. The topological polar surface area (TPSA) is 468 Å². The Morgan fingerprint density at radius 2 is 0.644 bits per heavy atom. The number of aryl methyl sites for hydroxylation is 4. The first kappa shape index (κ1) is 94.0. The Labute approximate surface area is 838 Å². The predicted molar refractivity (Wildman–Crippen MR) is 550 cm³/mol. The maximum atomic E-state index is 13.2. The minimum atomic E-state index is -0.254. The number of carbonyl (C=O) groups is 5. The number of pyridine rings is 10. The van der Waals surface area contributed by atoms with Gasteiger partial charge in [-0.25, -0.2) is 83.8 Å². The Hall–Kier alpha value is -18.3. The van der Waals surface area contributed by atoms with Crippen molar-refractivity contribution in [1.29, 1.82) is 0 Å². The first-order valence-corrected chi connectivity index (χ1v) is 48.1. The molecule has 0 unspecified atom stereocenters. The molecule has 0 saturated carbocycles. The molecule has 10 bridgehead atoms. The lowest BCUT2D eigenvalue weighted by Crippen LogP contribution is -2.48. The molecule has 25 rings (SSSR count). The van der Waals surface area contributed by atoms with Crippen molar-refractivity contribution in [2.75, 3.05) is 162 Å². The highest BCUT2D eigenvalue weighted by Gasteiger charge is 2.47. The number of amides is 10. The monoisotopic (exact) mass is 1960 g/mol. The van der Waals surface area contributed by atoms with Crippen LogP contribution >= 0.6 is 0 Å². The number of ether oxygens (including phenoxy) is 3. The van der Waals surface area contributed by atoms with E-state index in [1.165, 1.54) is 24.8 Å². The van der Waals surface area contributed by atoms with Crippen LogP contribution in [0, 0.1) is 13.8 Å². The molecular weight excluding hydrogens is 1860 g/mol. The van der Waals surface area contributed by atoms with E-state index in [0.717, 1.165) is 206 Å². The molecule has 10 amide bonds. The summed E-state index contributed by atoms with van der Waals surface area (Å²) in [5.74, 6) is 7.01. The molecule has 146 heavy (non-hydrogen) atoms. The lowest BCUT2D eigenvalue weighted by molar-refractivity contribution is 0.254. The standard InChI is InChI=1S/2C21H21N7O2.C21H21N7O.C20H19N7O2.C19H20N8O/c1-13-9-14(10-19(24-13)30-2)16-3-4-17-20(25-16)28(15-5-8-27(17)12-15)21(29)26-18-11-22-6-7-23-18;1-2-30-19-11-14(5-7-24-19)16-3-4-17-20(25-16)28(15-6-10-27(17)13-15)21(29)26-18-12-22-8-9-23-18;1-2-15-11-14(5-7-23-15)17-3-4-18-20(25-17)28(16-6-10-27(18)13-16)21(29)26-19-12-22-8-9-24-19;1-29-18-10-13(4-6-23-18)15-2-3-16-19(24-15)27(14-5-9-26(16)12-14)20(28)25-17-11-21-7-8-22-17;1-12-9-13(5-7-20-12)15-3-4-16-18(21-15)27(14-6-8-26(16)10-14)19(28)22-17-11-25(2)24-23-17/h3-4,6-7,9-11,15H,5,8,12H2,1-2H3,(H,23,26,29);3-5,7-9,11-12,15H,2,6,10,13H2,1H3,(H,23,26,29);3-5,7-9,11-12,16H,2,6,10,13H2,1H3,(H,24,26,29);2-4,6-8,10-11,14H,5,9,12H2,1H3,(H,22,25,28);3-5,7,9,11,14H,6,8,10H2,1-2H3,(H,22,28)/t2*15-;16-;2*14-/m00000/s1. The quantitative estimate of drug-likeness (QED) is 0.0636. The van der Waals surface area contributed by atoms with Gasteiger partial charge >= 0.3 is 30.2 Å². The van der Waals surface area contributed by atoms with Crippen molar-refractivity contribution in [3.63, 3.8) is 0 Å². The smallest absolute Gasteiger partial charge is 0.329 e. The number of fused-ring (bicyclic) bond motifs is 20. The van der Waals surface area contributed by atoms with E-state index in [1.807, 2.05) is 124 Å². The lowest BCUT2D eigenvalue weighted by atomic mass is 10.1. The van der Waals surface area contributed by atoms with Crippen LogP contribution in [0.5, 0.6) is 17.6 Å². The summed E-state index contributed by atoms with van der Waals surface area (Å²) in [5.41, 5.74) is 16.2. The van der Waals surface area contributed by atoms with Crippen molar-refractivity contribution in [3.05, 3.63) is 244 Å². The van der Waals surface area contributed by atoms with Gasteiger partial charge in [-0.1, -0.05) is 12.1 Å². The summed E-state index contributed by atoms with van der Waals surface area (Å²) < 4.78 is 17.6. The first-order valence-electron chi connectivity index (χ1n) is 48.1. The molecule has 44 nitrogen and oxygen atoms in total. The van der Waals surface area contributed by atoms with E-state index in [2.05, 4.69) is 151 Å². The number of hydrogen-bond acceptors (Lipinski definition) is 33. The van der Waals surface area contributed by atoms with Crippen LogP contribution in [-0.4, -0.2) is 251 Å². The summed E-state index contributed by atoms with van der Waals surface area (Å²) in [4.78, 5) is 164. The van der Waals surface area contributed by atoms with Crippen LogP contribution in [0.4, 0.5) is 111 Å². The van der Waals surface area contributed by atoms with Crippen LogP contribution in [0.1, 0.15) is 63.0 Å². The van der Waals surface area contributed by atoms with Gasteiger partial charge in [0.25, 0.3) is 0 Å². The summed E-state index contributed by atoms with van der Waals surface area (Å²) >= 11 is 0. The molecule has 0 spiro atoms. The first-order chi connectivity index (χ1) is 71.4. The zero-order valence-electron chi connectivity index (χ0n) is 80.9. The van der Waals surface area contributed by atoms with Crippen LogP contribution in [0.15, 0.2) is 227 Å². The largest absolute Gasteiger partial charge is 0.481 e. The molecule has 0 aliphatic carbocycles. The van der Waals surface area contributed by atoms with Crippen molar-refractivity contribution in [3.8, 4) is 73.9 Å². The van der Waals surface area contributed by atoms with Gasteiger partial charge in [-0.2, -0.15) is 0 Å². The predicted octanol–water partition coefficient (Wildman–Crippen LogP) is 13.8. The van der Waals surface area contributed by atoms with Gasteiger partial charge in [0.15, 0.2) is 58.2 Å². The second-order valence-corrected chi connectivity index (χ2v) is 35.8. The molecule has 5 atom stereocenters. The van der Waals surface area contributed by atoms with Gasteiger partial charge in [0.05, 0.1) is 139 Å². The Bertz CT molecular complexity index is 7180. The zero-order chi connectivity index (χ0) is 100. The van der Waals surface area contributed by atoms with E-state index in [-0.39, 0.29) is 60.4 Å². The Kier molecular flexibility index (Phi) is 26.7. The molecule has 15 aromatic heterocycles. The average Bonchev–Trinajstić information content (AvgIpc) is 1.59. The second kappa shape index (κ2) is 41.5. The van der Waals surface area contributed by atoms with E-state index < -0.39 is 0 Å². The number of nitrogens with zero attached hydrogens (tertiary/aromatic N) is 31. The van der Waals surface area contributed by atoms with E-state index in [9.17, 15) is 24.0 Å². The van der Waals surface area contributed by atoms with Gasteiger partial charge in [0.2, 0.25) is 17.6 Å². The van der Waals surface area contributed by atoms with E-state index in [4.69, 9.17) is 39.1 Å². The van der Waals surface area contributed by atoms with Gasteiger partial charge in [0.1, 0.15) is 0 Å². The maximum absolute atomic E-state index is 13.2. The second-order valence-electron chi connectivity index (χ2n) is 35.8. The number of methoxy groups -OCH3 is 2. The zero-order valence-corrected chi connectivity index (χ0v) is 80.9. The fourth-order valence-corrected chi connectivity index (χ4v) is 19.8. The summed E-state index contributed by atoms with van der Waals surface area (Å²) in [6.45, 7) is 17.0. The number of nitrogens with one attached hydrogen (secondary N) is 5. The lowest BCUT2D eigenvalue weighted by Gasteiger charge is -2.35. The highest BCUT2D eigenvalue weighted by Crippen LogP contribution is 2.47. The molecule has 10 aliphatic heterocycles. The number of urea groups is 5. The van der Waals surface area contributed by atoms with Gasteiger partial charge in [-0.3, -0.25) is 85.7 Å². The summed E-state index contributed by atoms with van der Waals surface area (Å²) in [7, 11) is 4.93. The van der Waals surface area contributed by atoms with E-state index in [0.29, 0.717) is 82.4 Å². The molecule has 0 radical (unpaired) electrons. The third-order valence-electron chi connectivity index (χ3n) is 26.5. The van der Waals surface area contributed by atoms with Crippen LogP contribution < -0.4 is 89.8 Å². The molecule has 738 valence electrons. The number of hydrogen-bond donors (Lipinski definition) is 5. The van der Waals surface area contributed by atoms with Gasteiger partial charge < -0.3 is 38.7 Å². The normalized spacial score (nSPS) is 17.1. The third-order valence-corrected chi connectivity index (χ3v) is 26.5. The Morgan fingerprint density at radius 1 is 0.329 bits per heavy atom. The molecule has 5 saturated heterocycles. The maximum Gasteiger partial charge on any atom is 0.329 e. The molecular formula is C102H102N36O8. The van der Waals surface area contributed by atoms with Crippen molar-refractivity contribution in [2.45, 2.75) is 96.4 Å². The van der Waals surface area contributed by atoms with Crippen LogP contribution in [0.25, 0.3) is 56.3 Å². The molecule has 25 heterocycles. The number of carbonyl (C=O) groups excluding carboxylic acids is 5. The molecule has 0 aromatic carbocycles. The highest BCUT2D eigenvalue weighted by molar-refractivity contribution is 6.08. The van der Waals surface area contributed by atoms with E-state index in [1.54, 1.807) is 131 Å². The molecule has 44 heteroatoms. The number of rotatable bonds is 15. The number of anilines is 15. The van der Waals surface area contributed by atoms with Crippen molar-refractivity contribution in [2.24, 2.45) is 7.05 Å². The van der Waals surface area contributed by atoms with Crippen molar-refractivity contribution >= 4 is 117 Å². The van der Waals surface area contributed by atoms with E-state index >= 15 is 0 Å². The van der Waals surface area contributed by atoms with Crippen LogP contribution in [0.2, 0.25) is 0 Å².